The topological polar surface area (TPSA) is 13.1 Å². The van der Waals surface area contributed by atoms with Crippen molar-refractivity contribution < 1.29 is 22.5 Å². The van der Waals surface area contributed by atoms with E-state index >= 15 is 0 Å². The van der Waals surface area contributed by atoms with E-state index in [9.17, 15) is 13.2 Å². The van der Waals surface area contributed by atoms with Crippen molar-refractivity contribution in [2.24, 2.45) is 18.4 Å². The molecule has 2 heterocycles. The van der Waals surface area contributed by atoms with Crippen LogP contribution in [-0.2, 0) is 19.9 Å². The highest BCUT2D eigenvalue weighted by Gasteiger charge is 2.47. The molecule has 0 amide bonds. The SMILES string of the molecule is Cc1c2c(c(CC(C)C)c3ccccc13)Oc1cc3cccc(CC(C)(C)C(F)(F)F)c3c3cc[n+](C)c-2c13. The third-order valence-electron chi connectivity index (χ3n) is 8.30. The molecule has 200 valence electrons. The highest BCUT2D eigenvalue weighted by atomic mass is 19.4. The quantitative estimate of drug-likeness (QED) is 0.164. The lowest BCUT2D eigenvalue weighted by molar-refractivity contribution is -0.659. The number of nitrogens with zero attached hydrogens (tertiary/aromatic N) is 1. The number of ether oxygens (including phenoxy) is 1. The van der Waals surface area contributed by atoms with E-state index in [1.165, 1.54) is 30.2 Å². The van der Waals surface area contributed by atoms with Crippen molar-refractivity contribution >= 4 is 32.3 Å². The second-order valence-corrected chi connectivity index (χ2v) is 12.1. The van der Waals surface area contributed by atoms with Crippen LogP contribution in [0.4, 0.5) is 13.2 Å². The molecular formula is C34H33F3NO+. The Labute approximate surface area is 227 Å². The molecule has 2 nitrogen and oxygen atoms in total. The number of hydrogen-bond acceptors (Lipinski definition) is 1. The van der Waals surface area contributed by atoms with Crippen molar-refractivity contribution in [1.82, 2.24) is 0 Å². The molecule has 39 heavy (non-hydrogen) atoms. The Morgan fingerprint density at radius 2 is 1.62 bits per heavy atom. The van der Waals surface area contributed by atoms with E-state index in [0.717, 1.165) is 56.3 Å². The summed E-state index contributed by atoms with van der Waals surface area (Å²) in [7, 11) is 2.03. The predicted octanol–water partition coefficient (Wildman–Crippen LogP) is 9.38. The molecule has 5 aromatic rings. The first-order valence-electron chi connectivity index (χ1n) is 13.5. The highest BCUT2D eigenvalue weighted by molar-refractivity contribution is 6.17. The van der Waals surface area contributed by atoms with Gasteiger partial charge in [-0.3, -0.25) is 0 Å². The maximum Gasteiger partial charge on any atom is 0.394 e. The van der Waals surface area contributed by atoms with E-state index in [-0.39, 0.29) is 6.42 Å². The van der Waals surface area contributed by atoms with E-state index in [1.807, 2.05) is 43.6 Å². The Bertz CT molecular complexity index is 1800. The summed E-state index contributed by atoms with van der Waals surface area (Å²) in [5.41, 5.74) is 3.30. The number of aryl methyl sites for hydroxylation is 2. The molecule has 0 N–H and O–H groups in total. The van der Waals surface area contributed by atoms with E-state index in [4.69, 9.17) is 4.74 Å². The van der Waals surface area contributed by atoms with E-state index in [1.54, 1.807) is 0 Å². The molecule has 0 aliphatic carbocycles. The summed E-state index contributed by atoms with van der Waals surface area (Å²) in [6.45, 7) is 9.14. The first-order chi connectivity index (χ1) is 18.4. The zero-order valence-corrected chi connectivity index (χ0v) is 23.3. The van der Waals surface area contributed by atoms with Gasteiger partial charge in [0.2, 0.25) is 5.69 Å². The average molecular weight is 529 g/mol. The van der Waals surface area contributed by atoms with Gasteiger partial charge in [0.15, 0.2) is 6.20 Å². The number of benzene rings is 4. The maximum atomic E-state index is 13.9. The highest BCUT2D eigenvalue weighted by Crippen LogP contribution is 2.53. The number of pyridine rings is 1. The van der Waals surface area contributed by atoms with Gasteiger partial charge < -0.3 is 4.74 Å². The van der Waals surface area contributed by atoms with Crippen LogP contribution in [0.3, 0.4) is 0 Å². The Kier molecular flexibility index (Phi) is 5.73. The molecule has 0 atom stereocenters. The monoisotopic (exact) mass is 528 g/mol. The van der Waals surface area contributed by atoms with Crippen LogP contribution in [-0.4, -0.2) is 6.18 Å². The Morgan fingerprint density at radius 1 is 0.897 bits per heavy atom. The largest absolute Gasteiger partial charge is 0.455 e. The van der Waals surface area contributed by atoms with Crippen LogP contribution in [0, 0.1) is 18.3 Å². The van der Waals surface area contributed by atoms with Gasteiger partial charge in [-0.1, -0.05) is 70.2 Å². The van der Waals surface area contributed by atoms with Gasteiger partial charge in [0.25, 0.3) is 0 Å². The molecule has 1 aliphatic heterocycles. The lowest BCUT2D eigenvalue weighted by Crippen LogP contribution is -2.34. The van der Waals surface area contributed by atoms with E-state index in [0.29, 0.717) is 11.5 Å². The Balaban J connectivity index is 1.72. The standard InChI is InChI=1S/C34H33F3NO/c1-19(2)16-26-24-13-8-7-12-23(24)20(3)28-31-30-25(14-15-38(31)6)29-21(17-27(30)39-32(26)28)10-9-11-22(29)18-33(4,5)34(35,36)37/h7-15,17,19H,16,18H2,1-6H3/q+1. The second kappa shape index (κ2) is 8.70. The van der Waals surface area contributed by atoms with Gasteiger partial charge in [-0.2, -0.15) is 13.2 Å². The molecule has 0 spiro atoms. The van der Waals surface area contributed by atoms with Crippen molar-refractivity contribution in [3.05, 3.63) is 77.5 Å². The number of halogens is 3. The molecule has 4 aromatic carbocycles. The van der Waals surface area contributed by atoms with Crippen molar-refractivity contribution in [3.63, 3.8) is 0 Å². The summed E-state index contributed by atoms with van der Waals surface area (Å²) in [5.74, 6) is 2.08. The predicted molar refractivity (Wildman–Crippen MR) is 152 cm³/mol. The van der Waals surface area contributed by atoms with Crippen molar-refractivity contribution in [1.29, 1.82) is 0 Å². The zero-order valence-electron chi connectivity index (χ0n) is 23.3. The minimum absolute atomic E-state index is 0.0989. The molecule has 1 aromatic heterocycles. The Hall–Kier alpha value is -3.60. The minimum atomic E-state index is -4.30. The van der Waals surface area contributed by atoms with Crippen LogP contribution in [0.25, 0.3) is 43.6 Å². The van der Waals surface area contributed by atoms with Gasteiger partial charge in [0.1, 0.15) is 18.5 Å². The minimum Gasteiger partial charge on any atom is -0.455 e. The van der Waals surface area contributed by atoms with Gasteiger partial charge in [-0.05, 0) is 64.4 Å². The van der Waals surface area contributed by atoms with Crippen LogP contribution < -0.4 is 9.30 Å². The van der Waals surface area contributed by atoms with Gasteiger partial charge >= 0.3 is 6.18 Å². The molecule has 0 fully saturated rings. The van der Waals surface area contributed by atoms with Crippen LogP contribution in [0.5, 0.6) is 11.5 Å². The number of aromatic nitrogens is 1. The fraction of sp³-hybridized carbons (Fsp3) is 0.324. The molecule has 0 unspecified atom stereocenters. The molecule has 6 rings (SSSR count). The smallest absolute Gasteiger partial charge is 0.394 e. The van der Waals surface area contributed by atoms with E-state index in [2.05, 4.69) is 49.6 Å². The normalized spacial score (nSPS) is 13.4. The fourth-order valence-corrected chi connectivity index (χ4v) is 6.26. The molecule has 0 radical (unpaired) electrons. The lowest BCUT2D eigenvalue weighted by Gasteiger charge is -2.29. The van der Waals surface area contributed by atoms with E-state index < -0.39 is 11.6 Å². The van der Waals surface area contributed by atoms with Crippen LogP contribution >= 0.6 is 0 Å². The molecule has 0 saturated heterocycles. The summed E-state index contributed by atoms with van der Waals surface area (Å²) in [4.78, 5) is 0. The summed E-state index contributed by atoms with van der Waals surface area (Å²) in [6, 6.07) is 18.2. The first kappa shape index (κ1) is 25.7. The number of rotatable bonds is 4. The summed E-state index contributed by atoms with van der Waals surface area (Å²) < 4.78 is 50.7. The van der Waals surface area contributed by atoms with Crippen LogP contribution in [0.1, 0.15) is 44.4 Å². The van der Waals surface area contributed by atoms with Gasteiger partial charge in [0.05, 0.1) is 16.4 Å². The average Bonchev–Trinajstić information content (AvgIpc) is 2.86. The third-order valence-corrected chi connectivity index (χ3v) is 8.30. The van der Waals surface area contributed by atoms with Gasteiger partial charge in [-0.15, -0.1) is 0 Å². The zero-order chi connectivity index (χ0) is 27.9. The number of alkyl halides is 3. The molecule has 1 aliphatic rings. The summed E-state index contributed by atoms with van der Waals surface area (Å²) >= 11 is 0. The van der Waals surface area contributed by atoms with Gasteiger partial charge in [0, 0.05) is 17.0 Å². The summed E-state index contributed by atoms with van der Waals surface area (Å²) in [5, 5.41) is 6.03. The van der Waals surface area contributed by atoms with Crippen molar-refractivity contribution in [3.8, 4) is 22.8 Å². The van der Waals surface area contributed by atoms with Crippen LogP contribution in [0.15, 0.2) is 60.8 Å². The van der Waals surface area contributed by atoms with Crippen molar-refractivity contribution in [2.75, 3.05) is 0 Å². The summed E-state index contributed by atoms with van der Waals surface area (Å²) in [6.07, 6.45) is -1.50. The van der Waals surface area contributed by atoms with Crippen molar-refractivity contribution in [2.45, 2.75) is 53.6 Å². The first-order valence-corrected chi connectivity index (χ1v) is 13.5. The Morgan fingerprint density at radius 3 is 2.31 bits per heavy atom. The van der Waals surface area contributed by atoms with Crippen LogP contribution in [0.2, 0.25) is 0 Å². The molecule has 0 saturated carbocycles. The molecular weight excluding hydrogens is 495 g/mol. The third kappa shape index (κ3) is 3.89. The maximum absolute atomic E-state index is 13.9. The number of hydrogen-bond donors (Lipinski definition) is 0. The molecule has 0 bridgehead atoms. The van der Waals surface area contributed by atoms with Gasteiger partial charge in [-0.25, -0.2) is 4.57 Å². The lowest BCUT2D eigenvalue weighted by atomic mass is 9.81. The second-order valence-electron chi connectivity index (χ2n) is 12.1. The fourth-order valence-electron chi connectivity index (χ4n) is 6.26. The number of fused-ring (bicyclic) bond motifs is 5. The molecule has 5 heteroatoms.